The van der Waals surface area contributed by atoms with E-state index in [1.165, 1.54) is 18.4 Å². The van der Waals surface area contributed by atoms with Gasteiger partial charge in [0.2, 0.25) is 0 Å². The van der Waals surface area contributed by atoms with Gasteiger partial charge in [0.25, 0.3) is 17.7 Å². The molecule has 0 aliphatic carbocycles. The molecular formula is C18H11ClN2O3S. The van der Waals surface area contributed by atoms with Gasteiger partial charge < -0.3 is 5.32 Å². The predicted octanol–water partition coefficient (Wildman–Crippen LogP) is 4.03. The van der Waals surface area contributed by atoms with E-state index in [0.29, 0.717) is 15.6 Å². The van der Waals surface area contributed by atoms with E-state index >= 15 is 0 Å². The quantitative estimate of drug-likeness (QED) is 0.692. The lowest BCUT2D eigenvalue weighted by Crippen LogP contribution is -2.24. The highest BCUT2D eigenvalue weighted by molar-refractivity contribution is 7.21. The van der Waals surface area contributed by atoms with Gasteiger partial charge in [-0.2, -0.15) is 0 Å². The Morgan fingerprint density at radius 2 is 1.84 bits per heavy atom. The van der Waals surface area contributed by atoms with Crippen LogP contribution in [0.15, 0.2) is 42.5 Å². The number of carbonyl (C=O) groups is 3. The number of hydrogen-bond acceptors (Lipinski definition) is 4. The molecule has 124 valence electrons. The number of nitrogens with one attached hydrogen (secondary N) is 1. The van der Waals surface area contributed by atoms with E-state index in [2.05, 4.69) is 5.32 Å². The minimum atomic E-state index is -0.432. The third-order valence-corrected chi connectivity index (χ3v) is 5.78. The lowest BCUT2D eigenvalue weighted by molar-refractivity contribution is 0.0693. The molecule has 0 saturated carbocycles. The summed E-state index contributed by atoms with van der Waals surface area (Å²) >= 11 is 7.61. The summed E-state index contributed by atoms with van der Waals surface area (Å²) in [5.41, 5.74) is 0.798. The van der Waals surface area contributed by atoms with Gasteiger partial charge in [0.1, 0.15) is 4.88 Å². The topological polar surface area (TPSA) is 66.5 Å². The first-order valence-corrected chi connectivity index (χ1v) is 8.62. The zero-order valence-corrected chi connectivity index (χ0v) is 14.6. The van der Waals surface area contributed by atoms with Gasteiger partial charge in [0, 0.05) is 17.1 Å². The van der Waals surface area contributed by atoms with Crippen molar-refractivity contribution >= 4 is 56.4 Å². The monoisotopic (exact) mass is 370 g/mol. The standard InChI is InChI=1S/C18H11ClN2O3S/c1-21-17(23)10-6-4-7-11(13(10)18(21)24)20-16(22)15-14(19)9-5-2-3-8-12(9)25-15/h2-8H,1H3,(H,20,22). The Labute approximate surface area is 151 Å². The summed E-state index contributed by atoms with van der Waals surface area (Å²) in [4.78, 5) is 38.4. The summed E-state index contributed by atoms with van der Waals surface area (Å²) in [6, 6.07) is 12.3. The van der Waals surface area contributed by atoms with Gasteiger partial charge in [-0.1, -0.05) is 35.9 Å². The fourth-order valence-electron chi connectivity index (χ4n) is 2.84. The van der Waals surface area contributed by atoms with Crippen LogP contribution in [0.4, 0.5) is 5.69 Å². The Balaban J connectivity index is 1.74. The van der Waals surface area contributed by atoms with Crippen molar-refractivity contribution in [3.8, 4) is 0 Å². The lowest BCUT2D eigenvalue weighted by atomic mass is 10.1. The second-order valence-electron chi connectivity index (χ2n) is 5.59. The van der Waals surface area contributed by atoms with Crippen molar-refractivity contribution < 1.29 is 14.4 Å². The minimum Gasteiger partial charge on any atom is -0.320 e. The lowest BCUT2D eigenvalue weighted by Gasteiger charge is -2.08. The van der Waals surface area contributed by atoms with Crippen molar-refractivity contribution in [2.24, 2.45) is 0 Å². The van der Waals surface area contributed by atoms with E-state index in [4.69, 9.17) is 11.6 Å². The molecule has 0 radical (unpaired) electrons. The molecule has 1 aliphatic heterocycles. The Hall–Kier alpha value is -2.70. The fourth-order valence-corrected chi connectivity index (χ4v) is 4.26. The largest absolute Gasteiger partial charge is 0.320 e. The van der Waals surface area contributed by atoms with E-state index in [0.717, 1.165) is 15.0 Å². The van der Waals surface area contributed by atoms with Crippen LogP contribution in [0.5, 0.6) is 0 Å². The molecule has 4 rings (SSSR count). The zero-order valence-electron chi connectivity index (χ0n) is 13.0. The van der Waals surface area contributed by atoms with Crippen LogP contribution in [0.3, 0.4) is 0 Å². The maximum Gasteiger partial charge on any atom is 0.267 e. The first-order valence-electron chi connectivity index (χ1n) is 7.43. The molecule has 0 atom stereocenters. The molecule has 2 heterocycles. The smallest absolute Gasteiger partial charge is 0.267 e. The normalized spacial score (nSPS) is 13.4. The molecular weight excluding hydrogens is 360 g/mol. The molecule has 25 heavy (non-hydrogen) atoms. The SMILES string of the molecule is CN1C(=O)c2cccc(NC(=O)c3sc4ccccc4c3Cl)c2C1=O. The van der Waals surface area contributed by atoms with Crippen molar-refractivity contribution in [1.82, 2.24) is 4.90 Å². The molecule has 3 aromatic rings. The van der Waals surface area contributed by atoms with Gasteiger partial charge >= 0.3 is 0 Å². The summed E-state index contributed by atoms with van der Waals surface area (Å²) in [5, 5.41) is 3.91. The number of carbonyl (C=O) groups excluding carboxylic acids is 3. The van der Waals surface area contributed by atoms with Gasteiger partial charge in [-0.15, -0.1) is 11.3 Å². The van der Waals surface area contributed by atoms with Crippen molar-refractivity contribution in [1.29, 1.82) is 0 Å². The van der Waals surface area contributed by atoms with E-state index in [1.54, 1.807) is 18.2 Å². The Morgan fingerprint density at radius 3 is 2.60 bits per heavy atom. The molecule has 0 bridgehead atoms. The number of imide groups is 1. The first-order chi connectivity index (χ1) is 12.0. The number of anilines is 1. The van der Waals surface area contributed by atoms with Crippen LogP contribution < -0.4 is 5.32 Å². The number of benzene rings is 2. The van der Waals surface area contributed by atoms with Crippen LogP contribution >= 0.6 is 22.9 Å². The average molecular weight is 371 g/mol. The molecule has 0 unspecified atom stereocenters. The van der Waals surface area contributed by atoms with Crippen molar-refractivity contribution in [3.63, 3.8) is 0 Å². The van der Waals surface area contributed by atoms with Crippen LogP contribution in [-0.2, 0) is 0 Å². The number of thiophene rings is 1. The van der Waals surface area contributed by atoms with Crippen molar-refractivity contribution in [2.75, 3.05) is 12.4 Å². The van der Waals surface area contributed by atoms with Crippen molar-refractivity contribution in [2.45, 2.75) is 0 Å². The highest BCUT2D eigenvalue weighted by atomic mass is 35.5. The molecule has 2 aromatic carbocycles. The van der Waals surface area contributed by atoms with Crippen LogP contribution in [0, 0.1) is 0 Å². The molecule has 3 amide bonds. The Kier molecular flexibility index (Phi) is 3.59. The van der Waals surface area contributed by atoms with Gasteiger partial charge in [-0.25, -0.2) is 0 Å². The molecule has 5 nitrogen and oxygen atoms in total. The minimum absolute atomic E-state index is 0.209. The van der Waals surface area contributed by atoms with Gasteiger partial charge in [0.05, 0.1) is 21.8 Å². The maximum absolute atomic E-state index is 12.7. The molecule has 0 fully saturated rings. The summed E-state index contributed by atoms with van der Waals surface area (Å²) in [7, 11) is 1.42. The molecule has 0 saturated heterocycles. The number of nitrogens with zero attached hydrogens (tertiary/aromatic N) is 1. The maximum atomic E-state index is 12.7. The highest BCUT2D eigenvalue weighted by Gasteiger charge is 2.35. The van der Waals surface area contributed by atoms with Gasteiger partial charge in [0.15, 0.2) is 0 Å². The first kappa shape index (κ1) is 15.8. The van der Waals surface area contributed by atoms with Crippen LogP contribution in [0.2, 0.25) is 5.02 Å². The number of rotatable bonds is 2. The summed E-state index contributed by atoms with van der Waals surface area (Å²) in [6.45, 7) is 0. The summed E-state index contributed by atoms with van der Waals surface area (Å²) in [5.74, 6) is -1.22. The molecule has 1 N–H and O–H groups in total. The number of amides is 3. The van der Waals surface area contributed by atoms with Crippen LogP contribution in [0.25, 0.3) is 10.1 Å². The Morgan fingerprint density at radius 1 is 1.08 bits per heavy atom. The van der Waals surface area contributed by atoms with Gasteiger partial charge in [-0.3, -0.25) is 19.3 Å². The molecule has 7 heteroatoms. The van der Waals surface area contributed by atoms with E-state index in [1.807, 2.05) is 24.3 Å². The summed E-state index contributed by atoms with van der Waals surface area (Å²) < 4.78 is 0.905. The van der Waals surface area contributed by atoms with E-state index in [-0.39, 0.29) is 17.0 Å². The second-order valence-corrected chi connectivity index (χ2v) is 7.02. The average Bonchev–Trinajstić information content (AvgIpc) is 3.07. The molecule has 0 spiro atoms. The number of halogens is 1. The van der Waals surface area contributed by atoms with Crippen molar-refractivity contribution in [3.05, 3.63) is 63.5 Å². The van der Waals surface area contributed by atoms with E-state index in [9.17, 15) is 14.4 Å². The van der Waals surface area contributed by atoms with E-state index < -0.39 is 11.8 Å². The molecule has 1 aliphatic rings. The van der Waals surface area contributed by atoms with Gasteiger partial charge in [-0.05, 0) is 18.2 Å². The highest BCUT2D eigenvalue weighted by Crippen LogP contribution is 2.36. The third kappa shape index (κ3) is 2.33. The number of hydrogen-bond donors (Lipinski definition) is 1. The second kappa shape index (κ2) is 5.68. The zero-order chi connectivity index (χ0) is 17.7. The molecule has 1 aromatic heterocycles. The van der Waals surface area contributed by atoms with Crippen LogP contribution in [-0.4, -0.2) is 29.7 Å². The Bertz CT molecular complexity index is 1070. The third-order valence-electron chi connectivity index (χ3n) is 4.11. The predicted molar refractivity (Wildman–Crippen MR) is 97.7 cm³/mol. The fraction of sp³-hybridized carbons (Fsp3) is 0.0556. The summed E-state index contributed by atoms with van der Waals surface area (Å²) in [6.07, 6.45) is 0. The number of fused-ring (bicyclic) bond motifs is 2. The van der Waals surface area contributed by atoms with Crippen LogP contribution in [0.1, 0.15) is 30.4 Å².